The average molecular weight is 306 g/mol. The Morgan fingerprint density at radius 3 is 2.65 bits per heavy atom. The van der Waals surface area contributed by atoms with Gasteiger partial charge in [0.05, 0.1) is 8.67 Å². The summed E-state index contributed by atoms with van der Waals surface area (Å²) in [4.78, 5) is 0. The predicted octanol–water partition coefficient (Wildman–Crippen LogP) is 5.28. The van der Waals surface area contributed by atoms with Gasteiger partial charge in [-0.2, -0.15) is 11.3 Å². The molecule has 0 amide bonds. The van der Waals surface area contributed by atoms with Crippen molar-refractivity contribution in [3.63, 3.8) is 0 Å². The van der Waals surface area contributed by atoms with Crippen LogP contribution in [-0.4, -0.2) is 0 Å². The Labute approximate surface area is 119 Å². The standard InChI is InChI=1S/C12H13Cl2NS2/c1-7-5-16-6-9(7)4-15-8(2)10-3-11(13)17-12(10)14/h3,5-6,8,15H,4H2,1-2H3. The molecule has 0 aliphatic rings. The molecule has 0 saturated heterocycles. The first kappa shape index (κ1) is 13.4. The summed E-state index contributed by atoms with van der Waals surface area (Å²) in [6.07, 6.45) is 0. The molecule has 2 aromatic heterocycles. The molecule has 0 spiro atoms. The minimum atomic E-state index is 0.213. The third kappa shape index (κ3) is 3.24. The highest BCUT2D eigenvalue weighted by molar-refractivity contribution is 7.20. The Kier molecular flexibility index (Phi) is 4.50. The number of hydrogen-bond acceptors (Lipinski definition) is 3. The molecule has 2 heterocycles. The smallest absolute Gasteiger partial charge is 0.0991 e. The van der Waals surface area contributed by atoms with Gasteiger partial charge in [0, 0.05) is 12.6 Å². The molecule has 0 saturated carbocycles. The summed E-state index contributed by atoms with van der Waals surface area (Å²) in [6, 6.07) is 2.15. The van der Waals surface area contributed by atoms with E-state index in [1.165, 1.54) is 22.5 Å². The van der Waals surface area contributed by atoms with Crippen LogP contribution in [0.5, 0.6) is 0 Å². The molecule has 5 heteroatoms. The van der Waals surface area contributed by atoms with Crippen LogP contribution in [0.1, 0.15) is 29.7 Å². The van der Waals surface area contributed by atoms with E-state index in [0.717, 1.165) is 20.8 Å². The molecule has 2 rings (SSSR count). The van der Waals surface area contributed by atoms with E-state index in [9.17, 15) is 0 Å². The molecular weight excluding hydrogens is 293 g/mol. The molecule has 17 heavy (non-hydrogen) atoms. The normalized spacial score (nSPS) is 12.9. The van der Waals surface area contributed by atoms with Gasteiger partial charge in [0.25, 0.3) is 0 Å². The average Bonchev–Trinajstić information content (AvgIpc) is 2.81. The lowest BCUT2D eigenvalue weighted by atomic mass is 10.1. The molecule has 2 aromatic rings. The number of hydrogen-bond donors (Lipinski definition) is 1. The summed E-state index contributed by atoms with van der Waals surface area (Å²) >= 11 is 15.2. The number of aryl methyl sites for hydroxylation is 1. The first-order valence-electron chi connectivity index (χ1n) is 5.27. The number of thiophene rings is 2. The number of nitrogens with one attached hydrogen (secondary N) is 1. The quantitative estimate of drug-likeness (QED) is 0.811. The second-order valence-electron chi connectivity index (χ2n) is 3.96. The van der Waals surface area contributed by atoms with Gasteiger partial charge in [-0.1, -0.05) is 23.2 Å². The highest BCUT2D eigenvalue weighted by Gasteiger charge is 2.13. The van der Waals surface area contributed by atoms with Crippen molar-refractivity contribution in [3.05, 3.63) is 42.2 Å². The van der Waals surface area contributed by atoms with Crippen LogP contribution in [0.3, 0.4) is 0 Å². The number of rotatable bonds is 4. The van der Waals surface area contributed by atoms with Gasteiger partial charge in [-0.15, -0.1) is 11.3 Å². The SMILES string of the molecule is Cc1cscc1CNC(C)c1cc(Cl)sc1Cl. The maximum absolute atomic E-state index is 6.13. The second kappa shape index (κ2) is 5.72. The lowest BCUT2D eigenvalue weighted by Gasteiger charge is -2.13. The number of halogens is 2. The summed E-state index contributed by atoms with van der Waals surface area (Å²) in [7, 11) is 0. The van der Waals surface area contributed by atoms with Crippen LogP contribution < -0.4 is 5.32 Å². The molecule has 0 aromatic carbocycles. The lowest BCUT2D eigenvalue weighted by molar-refractivity contribution is 0.576. The van der Waals surface area contributed by atoms with E-state index < -0.39 is 0 Å². The van der Waals surface area contributed by atoms with Crippen molar-refractivity contribution >= 4 is 45.9 Å². The molecular formula is C12H13Cl2NS2. The fraction of sp³-hybridized carbons (Fsp3) is 0.333. The molecule has 0 fully saturated rings. The van der Waals surface area contributed by atoms with Crippen LogP contribution in [0.2, 0.25) is 8.67 Å². The maximum Gasteiger partial charge on any atom is 0.0991 e. The monoisotopic (exact) mass is 305 g/mol. The third-order valence-electron chi connectivity index (χ3n) is 2.71. The van der Waals surface area contributed by atoms with Gasteiger partial charge in [-0.3, -0.25) is 0 Å². The summed E-state index contributed by atoms with van der Waals surface area (Å²) in [5.74, 6) is 0. The fourth-order valence-corrected chi connectivity index (χ4v) is 4.09. The molecule has 0 aliphatic heterocycles. The van der Waals surface area contributed by atoms with Crippen molar-refractivity contribution in [2.24, 2.45) is 0 Å². The van der Waals surface area contributed by atoms with Crippen molar-refractivity contribution < 1.29 is 0 Å². The fourth-order valence-electron chi connectivity index (χ4n) is 1.59. The van der Waals surface area contributed by atoms with Crippen molar-refractivity contribution in [2.75, 3.05) is 0 Å². The first-order chi connectivity index (χ1) is 8.08. The minimum absolute atomic E-state index is 0.213. The van der Waals surface area contributed by atoms with Crippen molar-refractivity contribution in [1.82, 2.24) is 5.32 Å². The first-order valence-corrected chi connectivity index (χ1v) is 7.79. The molecule has 92 valence electrons. The largest absolute Gasteiger partial charge is 0.306 e. The Morgan fingerprint density at radius 2 is 2.12 bits per heavy atom. The topological polar surface area (TPSA) is 12.0 Å². The summed E-state index contributed by atoms with van der Waals surface area (Å²) in [5, 5.41) is 7.81. The molecule has 0 aliphatic carbocycles. The van der Waals surface area contributed by atoms with Crippen LogP contribution in [0.15, 0.2) is 16.8 Å². The zero-order valence-corrected chi connectivity index (χ0v) is 12.7. The van der Waals surface area contributed by atoms with E-state index in [4.69, 9.17) is 23.2 Å². The van der Waals surface area contributed by atoms with Crippen molar-refractivity contribution in [3.8, 4) is 0 Å². The van der Waals surface area contributed by atoms with Crippen LogP contribution in [-0.2, 0) is 6.54 Å². The predicted molar refractivity (Wildman–Crippen MR) is 78.6 cm³/mol. The molecule has 1 unspecified atom stereocenters. The molecule has 1 N–H and O–H groups in total. The zero-order valence-electron chi connectivity index (χ0n) is 9.59. The van der Waals surface area contributed by atoms with Gasteiger partial charge >= 0.3 is 0 Å². The summed E-state index contributed by atoms with van der Waals surface area (Å²) < 4.78 is 1.52. The molecule has 1 atom stereocenters. The van der Waals surface area contributed by atoms with Gasteiger partial charge < -0.3 is 5.32 Å². The Bertz CT molecular complexity index is 504. The highest BCUT2D eigenvalue weighted by Crippen LogP contribution is 2.34. The minimum Gasteiger partial charge on any atom is -0.306 e. The third-order valence-corrected chi connectivity index (χ3v) is 5.14. The van der Waals surface area contributed by atoms with Crippen LogP contribution in [0.25, 0.3) is 0 Å². The van der Waals surface area contributed by atoms with E-state index in [1.807, 2.05) is 6.07 Å². The van der Waals surface area contributed by atoms with E-state index in [0.29, 0.717) is 0 Å². The zero-order chi connectivity index (χ0) is 12.4. The second-order valence-corrected chi connectivity index (χ2v) is 6.99. The highest BCUT2D eigenvalue weighted by atomic mass is 35.5. The van der Waals surface area contributed by atoms with Crippen molar-refractivity contribution in [2.45, 2.75) is 26.4 Å². The van der Waals surface area contributed by atoms with E-state index in [2.05, 4.69) is 29.9 Å². The maximum atomic E-state index is 6.13. The van der Waals surface area contributed by atoms with E-state index >= 15 is 0 Å². The van der Waals surface area contributed by atoms with Gasteiger partial charge in [0.1, 0.15) is 0 Å². The van der Waals surface area contributed by atoms with Crippen molar-refractivity contribution in [1.29, 1.82) is 0 Å². The van der Waals surface area contributed by atoms with Crippen LogP contribution in [0.4, 0.5) is 0 Å². The Morgan fingerprint density at radius 1 is 1.35 bits per heavy atom. The van der Waals surface area contributed by atoms with E-state index in [-0.39, 0.29) is 6.04 Å². The Balaban J connectivity index is 2.00. The lowest BCUT2D eigenvalue weighted by Crippen LogP contribution is -2.17. The summed E-state index contributed by atoms with van der Waals surface area (Å²) in [6.45, 7) is 5.10. The van der Waals surface area contributed by atoms with Gasteiger partial charge in [-0.25, -0.2) is 0 Å². The molecule has 0 bridgehead atoms. The van der Waals surface area contributed by atoms with Gasteiger partial charge in [-0.05, 0) is 47.4 Å². The van der Waals surface area contributed by atoms with Gasteiger partial charge in [0.2, 0.25) is 0 Å². The summed E-state index contributed by atoms with van der Waals surface area (Å²) in [5.41, 5.74) is 3.76. The van der Waals surface area contributed by atoms with Crippen LogP contribution >= 0.6 is 45.9 Å². The van der Waals surface area contributed by atoms with Gasteiger partial charge in [0.15, 0.2) is 0 Å². The Hall–Kier alpha value is -0.0600. The van der Waals surface area contributed by atoms with Crippen LogP contribution in [0, 0.1) is 6.92 Å². The molecule has 1 nitrogen and oxygen atoms in total. The van der Waals surface area contributed by atoms with E-state index in [1.54, 1.807) is 11.3 Å². The molecule has 0 radical (unpaired) electrons.